The van der Waals surface area contributed by atoms with Gasteiger partial charge in [0, 0.05) is 11.6 Å². The highest BCUT2D eigenvalue weighted by atomic mass is 35.5. The second-order valence-corrected chi connectivity index (χ2v) is 4.92. The van der Waals surface area contributed by atoms with Gasteiger partial charge in [0.2, 0.25) is 11.2 Å². The summed E-state index contributed by atoms with van der Waals surface area (Å²) < 4.78 is 5.62. The molecule has 0 aliphatic carbocycles. The minimum absolute atomic E-state index is 0.0835. The summed E-state index contributed by atoms with van der Waals surface area (Å²) in [6.07, 6.45) is 0.954. The number of nitrogens with one attached hydrogen (secondary N) is 1. The zero-order valence-corrected chi connectivity index (χ0v) is 12.7. The molecule has 20 heavy (non-hydrogen) atoms. The topological polar surface area (TPSA) is 59.9 Å². The molecule has 0 saturated carbocycles. The lowest BCUT2D eigenvalue weighted by Crippen LogP contribution is -2.06. The summed E-state index contributed by atoms with van der Waals surface area (Å²) in [6, 6.07) is 5.45. The molecule has 2 rings (SSSR count). The Hall–Kier alpha value is -1.59. The van der Waals surface area contributed by atoms with Gasteiger partial charge in [-0.2, -0.15) is 15.0 Å². The Balaban J connectivity index is 2.21. The number of benzene rings is 1. The molecule has 0 unspecified atom stereocenters. The number of hydrogen-bond acceptors (Lipinski definition) is 5. The third-order valence-corrected chi connectivity index (χ3v) is 2.86. The van der Waals surface area contributed by atoms with Crippen LogP contribution in [-0.2, 0) is 0 Å². The van der Waals surface area contributed by atoms with Gasteiger partial charge < -0.3 is 10.1 Å². The maximum absolute atomic E-state index is 5.90. The fourth-order valence-electron chi connectivity index (χ4n) is 1.52. The van der Waals surface area contributed by atoms with E-state index in [9.17, 15) is 0 Å². The van der Waals surface area contributed by atoms with Crippen LogP contribution in [-0.4, -0.2) is 21.5 Å². The Morgan fingerprint density at radius 3 is 2.70 bits per heavy atom. The minimum atomic E-state index is 0.0835. The van der Waals surface area contributed by atoms with Crippen molar-refractivity contribution in [3.05, 3.63) is 34.1 Å². The van der Waals surface area contributed by atoms with Crippen LogP contribution in [0, 0.1) is 6.92 Å². The van der Waals surface area contributed by atoms with Crippen molar-refractivity contribution in [1.82, 2.24) is 15.0 Å². The highest BCUT2D eigenvalue weighted by Gasteiger charge is 2.08. The number of hydrogen-bond donors (Lipinski definition) is 1. The van der Waals surface area contributed by atoms with Crippen molar-refractivity contribution < 1.29 is 4.74 Å². The van der Waals surface area contributed by atoms with Crippen molar-refractivity contribution in [1.29, 1.82) is 0 Å². The summed E-state index contributed by atoms with van der Waals surface area (Å²) in [5.74, 6) is 1.02. The lowest BCUT2D eigenvalue weighted by Gasteiger charge is -2.09. The number of ether oxygens (including phenoxy) is 1. The number of nitrogens with zero attached hydrogens (tertiary/aromatic N) is 3. The van der Waals surface area contributed by atoms with E-state index in [0.717, 1.165) is 18.5 Å². The van der Waals surface area contributed by atoms with Gasteiger partial charge in [-0.05, 0) is 48.7 Å². The molecule has 0 radical (unpaired) electrons. The smallest absolute Gasteiger partial charge is 0.328 e. The number of halogens is 2. The van der Waals surface area contributed by atoms with Crippen LogP contribution in [0.25, 0.3) is 0 Å². The zero-order chi connectivity index (χ0) is 14.5. The third-order valence-electron chi connectivity index (χ3n) is 2.46. The minimum Gasteiger partial charge on any atom is -0.424 e. The van der Waals surface area contributed by atoms with Gasteiger partial charge in [0.25, 0.3) is 0 Å². The first-order valence-corrected chi connectivity index (χ1v) is 6.93. The maximum atomic E-state index is 5.90. The van der Waals surface area contributed by atoms with Crippen molar-refractivity contribution >= 4 is 29.2 Å². The summed E-state index contributed by atoms with van der Waals surface area (Å²) in [5, 5.41) is 3.77. The van der Waals surface area contributed by atoms with Crippen LogP contribution in [0.1, 0.15) is 18.9 Å². The molecule has 0 aliphatic heterocycles. The molecule has 7 heteroatoms. The Kier molecular flexibility index (Phi) is 4.98. The molecule has 0 saturated heterocycles. The second kappa shape index (κ2) is 6.72. The van der Waals surface area contributed by atoms with Crippen LogP contribution < -0.4 is 10.1 Å². The fourth-order valence-corrected chi connectivity index (χ4v) is 1.90. The van der Waals surface area contributed by atoms with E-state index in [1.165, 1.54) is 0 Å². The number of rotatable bonds is 5. The molecule has 0 aliphatic rings. The number of anilines is 1. The molecule has 5 nitrogen and oxygen atoms in total. The van der Waals surface area contributed by atoms with E-state index in [-0.39, 0.29) is 11.3 Å². The molecule has 0 spiro atoms. The normalized spacial score (nSPS) is 10.4. The van der Waals surface area contributed by atoms with Crippen LogP contribution in [0.4, 0.5) is 5.95 Å². The Morgan fingerprint density at radius 2 is 2.00 bits per heavy atom. The van der Waals surface area contributed by atoms with E-state index >= 15 is 0 Å². The Bertz CT molecular complexity index is 607. The third kappa shape index (κ3) is 3.95. The van der Waals surface area contributed by atoms with Gasteiger partial charge in [0.15, 0.2) is 0 Å². The zero-order valence-electron chi connectivity index (χ0n) is 11.2. The van der Waals surface area contributed by atoms with Gasteiger partial charge in [-0.1, -0.05) is 18.5 Å². The lowest BCUT2D eigenvalue weighted by molar-refractivity contribution is 0.437. The van der Waals surface area contributed by atoms with Crippen molar-refractivity contribution in [3.63, 3.8) is 0 Å². The first kappa shape index (κ1) is 14.8. The first-order chi connectivity index (χ1) is 9.58. The second-order valence-electron chi connectivity index (χ2n) is 4.15. The molecular weight excluding hydrogens is 299 g/mol. The highest BCUT2D eigenvalue weighted by molar-refractivity contribution is 6.30. The summed E-state index contributed by atoms with van der Waals surface area (Å²) in [6.45, 7) is 4.68. The van der Waals surface area contributed by atoms with Gasteiger partial charge in [0.05, 0.1) is 0 Å². The predicted molar refractivity (Wildman–Crippen MR) is 79.9 cm³/mol. The largest absolute Gasteiger partial charge is 0.424 e. The molecule has 0 bridgehead atoms. The van der Waals surface area contributed by atoms with Gasteiger partial charge in [-0.25, -0.2) is 0 Å². The van der Waals surface area contributed by atoms with Gasteiger partial charge in [-0.15, -0.1) is 0 Å². The predicted octanol–water partition coefficient (Wildman–Crippen LogP) is 4.10. The summed E-state index contributed by atoms with van der Waals surface area (Å²) in [7, 11) is 0. The van der Waals surface area contributed by atoms with E-state index in [0.29, 0.717) is 16.7 Å². The average Bonchev–Trinajstić information content (AvgIpc) is 2.39. The van der Waals surface area contributed by atoms with Crippen LogP contribution in [0.3, 0.4) is 0 Å². The molecular formula is C13H14Cl2N4O. The van der Waals surface area contributed by atoms with Crippen molar-refractivity contribution in [3.8, 4) is 11.8 Å². The molecule has 0 fully saturated rings. The molecule has 1 N–H and O–H groups in total. The van der Waals surface area contributed by atoms with Crippen molar-refractivity contribution in [2.75, 3.05) is 11.9 Å². The van der Waals surface area contributed by atoms with E-state index in [4.69, 9.17) is 27.9 Å². The maximum Gasteiger partial charge on any atom is 0.328 e. The van der Waals surface area contributed by atoms with E-state index in [1.54, 1.807) is 18.2 Å². The van der Waals surface area contributed by atoms with E-state index in [2.05, 4.69) is 20.3 Å². The summed E-state index contributed by atoms with van der Waals surface area (Å²) in [4.78, 5) is 12.1. The van der Waals surface area contributed by atoms with Gasteiger partial charge in [0.1, 0.15) is 5.75 Å². The summed E-state index contributed by atoms with van der Waals surface area (Å²) in [5.41, 5.74) is 0.886. The van der Waals surface area contributed by atoms with Crippen LogP contribution in [0.5, 0.6) is 11.8 Å². The van der Waals surface area contributed by atoms with E-state index < -0.39 is 0 Å². The first-order valence-electron chi connectivity index (χ1n) is 6.18. The molecule has 1 aromatic carbocycles. The Labute approximate surface area is 127 Å². The quantitative estimate of drug-likeness (QED) is 0.900. The highest BCUT2D eigenvalue weighted by Crippen LogP contribution is 2.26. The van der Waals surface area contributed by atoms with Crippen molar-refractivity contribution in [2.24, 2.45) is 0 Å². The average molecular weight is 313 g/mol. The molecule has 1 aromatic heterocycles. The monoisotopic (exact) mass is 312 g/mol. The molecule has 0 amide bonds. The van der Waals surface area contributed by atoms with Gasteiger partial charge in [-0.3, -0.25) is 0 Å². The fraction of sp³-hybridized carbons (Fsp3) is 0.308. The lowest BCUT2D eigenvalue weighted by atomic mass is 10.2. The molecule has 2 aromatic rings. The van der Waals surface area contributed by atoms with Crippen LogP contribution >= 0.6 is 23.2 Å². The van der Waals surface area contributed by atoms with E-state index in [1.807, 2.05) is 13.8 Å². The van der Waals surface area contributed by atoms with Crippen LogP contribution in [0.15, 0.2) is 18.2 Å². The Morgan fingerprint density at radius 1 is 1.20 bits per heavy atom. The molecule has 0 atom stereocenters. The molecule has 1 heterocycles. The number of aromatic nitrogens is 3. The molecule has 106 valence electrons. The van der Waals surface area contributed by atoms with Crippen LogP contribution in [0.2, 0.25) is 10.3 Å². The van der Waals surface area contributed by atoms with Gasteiger partial charge >= 0.3 is 6.01 Å². The summed E-state index contributed by atoms with van der Waals surface area (Å²) >= 11 is 11.8. The number of aryl methyl sites for hydroxylation is 1. The van der Waals surface area contributed by atoms with Crippen molar-refractivity contribution in [2.45, 2.75) is 20.3 Å². The standard InChI is InChI=1S/C13H14Cl2N4O/c1-3-6-16-12-17-11(15)18-13(19-12)20-10-5-4-9(14)7-8(10)2/h4-5,7H,3,6H2,1-2H3,(H,16,17,18,19). The SMILES string of the molecule is CCCNc1nc(Cl)nc(Oc2ccc(Cl)cc2C)n1.